The number of aromatic nitrogens is 2. The van der Waals surface area contributed by atoms with E-state index >= 15 is 0 Å². The first-order valence-corrected chi connectivity index (χ1v) is 5.98. The normalized spacial score (nSPS) is 18.9. The quantitative estimate of drug-likeness (QED) is 0.434. The van der Waals surface area contributed by atoms with Crippen molar-refractivity contribution < 1.29 is 13.6 Å². The summed E-state index contributed by atoms with van der Waals surface area (Å²) in [5, 5.41) is 2.98. The zero-order valence-corrected chi connectivity index (χ0v) is 10.2. The minimum absolute atomic E-state index is 0.0577. The third kappa shape index (κ3) is 3.34. The lowest BCUT2D eigenvalue weighted by Gasteiger charge is -2.29. The van der Waals surface area contributed by atoms with Crippen LogP contribution in [0, 0.1) is 0 Å². The Kier molecular flexibility index (Phi) is 3.89. The number of hydrazine groups is 1. The number of alkyl halides is 2. The van der Waals surface area contributed by atoms with E-state index in [2.05, 4.69) is 15.3 Å². The number of carbonyl (C=O) groups is 1. The average Bonchev–Trinajstić information content (AvgIpc) is 2.41. The molecule has 19 heavy (non-hydrogen) atoms. The maximum absolute atomic E-state index is 13.0. The van der Waals surface area contributed by atoms with Crippen LogP contribution in [0.4, 0.5) is 14.6 Å². The zero-order chi connectivity index (χ0) is 13.9. The lowest BCUT2D eigenvalue weighted by atomic mass is 9.92. The molecule has 0 aromatic carbocycles. The minimum Gasteiger partial charge on any atom is -0.365 e. The number of carbonyl (C=O) groups excluding carboxylic acids is 1. The van der Waals surface area contributed by atoms with Crippen molar-refractivity contribution in [3.8, 4) is 0 Å². The molecule has 1 amide bonds. The fourth-order valence-corrected chi connectivity index (χ4v) is 2.06. The van der Waals surface area contributed by atoms with E-state index in [0.29, 0.717) is 12.8 Å². The van der Waals surface area contributed by atoms with E-state index in [0.717, 1.165) is 0 Å². The predicted molar refractivity (Wildman–Crippen MR) is 64.5 cm³/mol. The number of nitrogens with zero attached hydrogens (tertiary/aromatic N) is 2. The van der Waals surface area contributed by atoms with E-state index in [9.17, 15) is 13.6 Å². The van der Waals surface area contributed by atoms with E-state index in [1.165, 1.54) is 12.4 Å². The van der Waals surface area contributed by atoms with Crippen molar-refractivity contribution in [1.29, 1.82) is 0 Å². The van der Waals surface area contributed by atoms with Gasteiger partial charge >= 0.3 is 0 Å². The molecule has 2 rings (SSSR count). The standard InChI is InChI=1S/C11H15F2N5O/c12-11(13)3-1-7(2-4-11)17-9-8(10(19)18-14)15-5-6-16-9/h5-7H,1-4,14H2,(H,16,17)(H,18,19). The molecule has 0 saturated heterocycles. The van der Waals surface area contributed by atoms with Gasteiger partial charge in [-0.25, -0.2) is 24.6 Å². The molecule has 0 atom stereocenters. The highest BCUT2D eigenvalue weighted by Crippen LogP contribution is 2.34. The number of nitrogens with one attached hydrogen (secondary N) is 2. The van der Waals surface area contributed by atoms with E-state index in [-0.39, 0.29) is 30.4 Å². The molecule has 1 aromatic rings. The highest BCUT2D eigenvalue weighted by molar-refractivity contribution is 5.96. The first-order valence-electron chi connectivity index (χ1n) is 5.98. The van der Waals surface area contributed by atoms with Crippen LogP contribution in [0.1, 0.15) is 36.2 Å². The Morgan fingerprint density at radius 1 is 1.32 bits per heavy atom. The number of nitrogens with two attached hydrogens (primary N) is 1. The molecule has 8 heteroatoms. The second-order valence-electron chi connectivity index (χ2n) is 4.50. The van der Waals surface area contributed by atoms with Crippen molar-refractivity contribution in [3.05, 3.63) is 18.1 Å². The summed E-state index contributed by atoms with van der Waals surface area (Å²) in [6.07, 6.45) is 3.12. The maximum atomic E-state index is 13.0. The van der Waals surface area contributed by atoms with Crippen LogP contribution in [-0.4, -0.2) is 27.8 Å². The molecule has 1 saturated carbocycles. The third-order valence-electron chi connectivity index (χ3n) is 3.10. The largest absolute Gasteiger partial charge is 0.365 e. The van der Waals surface area contributed by atoms with Gasteiger partial charge in [0.25, 0.3) is 5.91 Å². The van der Waals surface area contributed by atoms with Crippen molar-refractivity contribution >= 4 is 11.7 Å². The molecule has 0 unspecified atom stereocenters. The monoisotopic (exact) mass is 271 g/mol. The summed E-state index contributed by atoms with van der Waals surface area (Å²) in [5.74, 6) is 2.15. The van der Waals surface area contributed by atoms with Crippen molar-refractivity contribution in [2.24, 2.45) is 5.84 Å². The van der Waals surface area contributed by atoms with E-state index in [4.69, 9.17) is 5.84 Å². The Morgan fingerprint density at radius 3 is 2.58 bits per heavy atom. The number of hydrogen-bond donors (Lipinski definition) is 3. The van der Waals surface area contributed by atoms with Crippen LogP contribution in [0.25, 0.3) is 0 Å². The van der Waals surface area contributed by atoms with Gasteiger partial charge in [-0.05, 0) is 12.8 Å². The minimum atomic E-state index is -2.59. The Bertz CT molecular complexity index is 458. The number of hydrogen-bond acceptors (Lipinski definition) is 5. The lowest BCUT2D eigenvalue weighted by molar-refractivity contribution is -0.0361. The number of rotatable bonds is 3. The summed E-state index contributed by atoms with van der Waals surface area (Å²) in [6, 6.07) is -0.138. The van der Waals surface area contributed by atoms with Gasteiger partial charge in [0.15, 0.2) is 11.5 Å². The Balaban J connectivity index is 2.06. The van der Waals surface area contributed by atoms with Gasteiger partial charge < -0.3 is 5.32 Å². The summed E-state index contributed by atoms with van der Waals surface area (Å²) < 4.78 is 26.1. The molecule has 0 bridgehead atoms. The van der Waals surface area contributed by atoms with Crippen LogP contribution in [0.15, 0.2) is 12.4 Å². The van der Waals surface area contributed by atoms with Crippen LogP contribution in [0.3, 0.4) is 0 Å². The van der Waals surface area contributed by atoms with E-state index in [1.807, 2.05) is 5.43 Å². The van der Waals surface area contributed by atoms with Crippen molar-refractivity contribution in [3.63, 3.8) is 0 Å². The SMILES string of the molecule is NNC(=O)c1nccnc1NC1CCC(F)(F)CC1. The summed E-state index contributed by atoms with van der Waals surface area (Å²) in [6.45, 7) is 0. The number of nitrogen functional groups attached to an aromatic ring is 1. The molecule has 1 aliphatic rings. The topological polar surface area (TPSA) is 92.9 Å². The Labute approximate surface area is 108 Å². The lowest BCUT2D eigenvalue weighted by Crippen LogP contribution is -2.35. The molecular formula is C11H15F2N5O. The molecule has 1 aromatic heterocycles. The first-order chi connectivity index (χ1) is 9.02. The fraction of sp³-hybridized carbons (Fsp3) is 0.545. The summed E-state index contributed by atoms with van der Waals surface area (Å²) in [5.41, 5.74) is 2.03. The molecule has 0 spiro atoms. The van der Waals surface area contributed by atoms with Gasteiger partial charge in [-0.2, -0.15) is 0 Å². The van der Waals surface area contributed by atoms with Crippen molar-refractivity contribution in [1.82, 2.24) is 15.4 Å². The molecule has 0 aliphatic heterocycles. The molecule has 1 aliphatic carbocycles. The summed E-state index contributed by atoms with van der Waals surface area (Å²) >= 11 is 0. The second-order valence-corrected chi connectivity index (χ2v) is 4.50. The first kappa shape index (κ1) is 13.6. The smallest absolute Gasteiger partial charge is 0.287 e. The molecule has 0 radical (unpaired) electrons. The molecule has 104 valence electrons. The van der Waals surface area contributed by atoms with Gasteiger partial charge in [0.1, 0.15) is 0 Å². The number of anilines is 1. The fourth-order valence-electron chi connectivity index (χ4n) is 2.06. The highest BCUT2D eigenvalue weighted by atomic mass is 19.3. The Hall–Kier alpha value is -1.83. The predicted octanol–water partition coefficient (Wildman–Crippen LogP) is 1.07. The molecule has 1 fully saturated rings. The van der Waals surface area contributed by atoms with Gasteiger partial charge in [0.05, 0.1) is 0 Å². The highest BCUT2D eigenvalue weighted by Gasteiger charge is 2.35. The van der Waals surface area contributed by atoms with Gasteiger partial charge in [-0.3, -0.25) is 10.2 Å². The second kappa shape index (κ2) is 5.43. The van der Waals surface area contributed by atoms with Gasteiger partial charge in [0.2, 0.25) is 5.92 Å². The number of amides is 1. The van der Waals surface area contributed by atoms with Crippen molar-refractivity contribution in [2.75, 3.05) is 5.32 Å². The molecule has 6 nitrogen and oxygen atoms in total. The van der Waals surface area contributed by atoms with E-state index in [1.54, 1.807) is 0 Å². The third-order valence-corrected chi connectivity index (χ3v) is 3.10. The van der Waals surface area contributed by atoms with E-state index < -0.39 is 11.8 Å². The number of halogens is 2. The van der Waals surface area contributed by atoms with Crippen LogP contribution in [0.5, 0.6) is 0 Å². The average molecular weight is 271 g/mol. The van der Waals surface area contributed by atoms with Crippen LogP contribution < -0.4 is 16.6 Å². The van der Waals surface area contributed by atoms with Gasteiger partial charge in [0, 0.05) is 31.3 Å². The molecular weight excluding hydrogens is 256 g/mol. The zero-order valence-electron chi connectivity index (χ0n) is 10.2. The van der Waals surface area contributed by atoms with Gasteiger partial charge in [-0.1, -0.05) is 0 Å². The van der Waals surface area contributed by atoms with Crippen LogP contribution in [-0.2, 0) is 0 Å². The van der Waals surface area contributed by atoms with Crippen LogP contribution in [0.2, 0.25) is 0 Å². The summed E-state index contributed by atoms with van der Waals surface area (Å²) in [4.78, 5) is 19.4. The molecule has 4 N–H and O–H groups in total. The van der Waals surface area contributed by atoms with Crippen LogP contribution >= 0.6 is 0 Å². The molecule has 1 heterocycles. The Morgan fingerprint density at radius 2 is 1.95 bits per heavy atom. The van der Waals surface area contributed by atoms with Crippen molar-refractivity contribution in [2.45, 2.75) is 37.6 Å². The van der Waals surface area contributed by atoms with Gasteiger partial charge in [-0.15, -0.1) is 0 Å². The summed E-state index contributed by atoms with van der Waals surface area (Å²) in [7, 11) is 0. The maximum Gasteiger partial charge on any atom is 0.287 e.